The van der Waals surface area contributed by atoms with Gasteiger partial charge < -0.3 is 10.2 Å². The van der Waals surface area contributed by atoms with E-state index in [0.29, 0.717) is 5.56 Å². The molecule has 138 valence electrons. The van der Waals surface area contributed by atoms with Crippen LogP contribution in [0.4, 0.5) is 24.5 Å². The summed E-state index contributed by atoms with van der Waals surface area (Å²) in [5.74, 6) is 0.479. The van der Waals surface area contributed by atoms with Crippen molar-refractivity contribution < 1.29 is 18.0 Å². The van der Waals surface area contributed by atoms with Gasteiger partial charge in [-0.15, -0.1) is 11.8 Å². The van der Waals surface area contributed by atoms with Gasteiger partial charge in [0.05, 0.1) is 22.0 Å². The molecule has 1 heterocycles. The molecule has 0 bridgehead atoms. The lowest BCUT2D eigenvalue weighted by Crippen LogP contribution is -2.29. The summed E-state index contributed by atoms with van der Waals surface area (Å²) in [5.41, 5.74) is 0.409. The van der Waals surface area contributed by atoms with Crippen LogP contribution in [0.2, 0.25) is 5.02 Å². The molecule has 26 heavy (non-hydrogen) atoms. The summed E-state index contributed by atoms with van der Waals surface area (Å²) in [6.45, 7) is 3.74. The van der Waals surface area contributed by atoms with Crippen LogP contribution in [-0.2, 0) is 6.18 Å². The van der Waals surface area contributed by atoms with Crippen molar-refractivity contribution in [2.45, 2.75) is 18.0 Å². The number of benzene rings is 2. The fourth-order valence-electron chi connectivity index (χ4n) is 2.73. The smallest absolute Gasteiger partial charge is 0.370 e. The molecule has 2 aromatic rings. The first-order valence-corrected chi connectivity index (χ1v) is 9.36. The molecule has 1 N–H and O–H groups in total. The van der Waals surface area contributed by atoms with Crippen molar-refractivity contribution in [1.29, 1.82) is 0 Å². The lowest BCUT2D eigenvalue weighted by Gasteiger charge is -2.30. The van der Waals surface area contributed by atoms with Gasteiger partial charge in [0.15, 0.2) is 0 Å². The number of anilines is 2. The number of carbonyl (C=O) groups is 1. The Morgan fingerprint density at radius 3 is 2.73 bits per heavy atom. The SMILES string of the molecule is CCN1CCSc2ccc(C(=O)Nc3cc(C(F)(F)F)ccc3Cl)cc21. The normalized spacial score (nSPS) is 14.1. The van der Waals surface area contributed by atoms with Gasteiger partial charge in [0.2, 0.25) is 0 Å². The number of nitrogens with one attached hydrogen (secondary N) is 1. The molecule has 3 rings (SSSR count). The average molecular weight is 401 g/mol. The Bertz CT molecular complexity index is 842. The van der Waals surface area contributed by atoms with Gasteiger partial charge >= 0.3 is 6.18 Å². The van der Waals surface area contributed by atoms with Crippen molar-refractivity contribution in [1.82, 2.24) is 0 Å². The van der Waals surface area contributed by atoms with E-state index in [2.05, 4.69) is 10.2 Å². The quantitative estimate of drug-likeness (QED) is 0.733. The van der Waals surface area contributed by atoms with Crippen LogP contribution in [0.5, 0.6) is 0 Å². The Morgan fingerprint density at radius 2 is 2.04 bits per heavy atom. The number of carbonyl (C=O) groups excluding carboxylic acids is 1. The van der Waals surface area contributed by atoms with Crippen LogP contribution >= 0.6 is 23.4 Å². The van der Waals surface area contributed by atoms with E-state index >= 15 is 0 Å². The van der Waals surface area contributed by atoms with Crippen molar-refractivity contribution >= 4 is 40.6 Å². The minimum Gasteiger partial charge on any atom is -0.370 e. The van der Waals surface area contributed by atoms with Crippen molar-refractivity contribution in [2.24, 2.45) is 0 Å². The number of alkyl halides is 3. The highest BCUT2D eigenvalue weighted by Gasteiger charge is 2.31. The maximum absolute atomic E-state index is 12.9. The Balaban J connectivity index is 1.87. The molecule has 0 saturated carbocycles. The molecule has 1 aliphatic rings. The summed E-state index contributed by atoms with van der Waals surface area (Å²) < 4.78 is 38.6. The number of nitrogens with zero attached hydrogens (tertiary/aromatic N) is 1. The van der Waals surface area contributed by atoms with Crippen LogP contribution < -0.4 is 10.2 Å². The van der Waals surface area contributed by atoms with Crippen molar-refractivity contribution in [3.63, 3.8) is 0 Å². The lowest BCUT2D eigenvalue weighted by atomic mass is 10.1. The Hall–Kier alpha value is -1.86. The zero-order valence-electron chi connectivity index (χ0n) is 13.9. The van der Waals surface area contributed by atoms with Gasteiger partial charge in [-0.3, -0.25) is 4.79 Å². The van der Waals surface area contributed by atoms with E-state index in [-0.39, 0.29) is 10.7 Å². The number of halogens is 4. The number of fused-ring (bicyclic) bond motifs is 1. The number of amides is 1. The third-order valence-electron chi connectivity index (χ3n) is 4.10. The second-order valence-electron chi connectivity index (χ2n) is 5.76. The highest BCUT2D eigenvalue weighted by molar-refractivity contribution is 7.99. The second-order valence-corrected chi connectivity index (χ2v) is 7.30. The van der Waals surface area contributed by atoms with Gasteiger partial charge in [-0.05, 0) is 43.3 Å². The predicted molar refractivity (Wildman–Crippen MR) is 99.5 cm³/mol. The van der Waals surface area contributed by atoms with E-state index in [0.717, 1.165) is 47.6 Å². The van der Waals surface area contributed by atoms with Crippen molar-refractivity contribution in [3.8, 4) is 0 Å². The fourth-order valence-corrected chi connectivity index (χ4v) is 3.93. The first kappa shape index (κ1) is 18.9. The van der Waals surface area contributed by atoms with Crippen molar-refractivity contribution in [2.75, 3.05) is 29.1 Å². The molecule has 0 radical (unpaired) electrons. The Kier molecular flexibility index (Phi) is 5.39. The number of hydrogen-bond acceptors (Lipinski definition) is 3. The minimum atomic E-state index is -4.51. The highest BCUT2D eigenvalue weighted by Crippen LogP contribution is 2.36. The summed E-state index contributed by atoms with van der Waals surface area (Å²) in [7, 11) is 0. The molecule has 1 aliphatic heterocycles. The molecule has 2 aromatic carbocycles. The zero-order chi connectivity index (χ0) is 18.9. The highest BCUT2D eigenvalue weighted by atomic mass is 35.5. The molecule has 8 heteroatoms. The van der Waals surface area contributed by atoms with E-state index < -0.39 is 17.6 Å². The van der Waals surface area contributed by atoms with E-state index in [1.165, 1.54) is 0 Å². The van der Waals surface area contributed by atoms with E-state index in [9.17, 15) is 18.0 Å². The van der Waals surface area contributed by atoms with Crippen LogP contribution in [0.1, 0.15) is 22.8 Å². The van der Waals surface area contributed by atoms with Crippen LogP contribution in [0.3, 0.4) is 0 Å². The molecule has 1 amide bonds. The molecule has 3 nitrogen and oxygen atoms in total. The predicted octanol–water partition coefficient (Wildman–Crippen LogP) is 5.54. The van der Waals surface area contributed by atoms with Crippen LogP contribution in [0.15, 0.2) is 41.3 Å². The molecule has 0 saturated heterocycles. The van der Waals surface area contributed by atoms with Gasteiger partial charge in [-0.2, -0.15) is 13.2 Å². The van der Waals surface area contributed by atoms with Gasteiger partial charge in [-0.25, -0.2) is 0 Å². The van der Waals surface area contributed by atoms with E-state index in [1.807, 2.05) is 13.0 Å². The van der Waals surface area contributed by atoms with Gasteiger partial charge in [0.1, 0.15) is 0 Å². The molecular formula is C18H16ClF3N2OS. The fraction of sp³-hybridized carbons (Fsp3) is 0.278. The van der Waals surface area contributed by atoms with Crippen LogP contribution in [-0.4, -0.2) is 24.7 Å². The summed E-state index contributed by atoms with van der Waals surface area (Å²) in [6.07, 6.45) is -4.51. The molecule has 0 unspecified atom stereocenters. The number of hydrogen-bond donors (Lipinski definition) is 1. The first-order chi connectivity index (χ1) is 12.3. The van der Waals surface area contributed by atoms with Crippen LogP contribution in [0, 0.1) is 0 Å². The topological polar surface area (TPSA) is 32.3 Å². The Morgan fingerprint density at radius 1 is 1.27 bits per heavy atom. The standard InChI is InChI=1S/C18H16ClF3N2OS/c1-2-24-7-8-26-16-6-3-11(9-15(16)24)17(25)23-14-10-12(18(20,21)22)4-5-13(14)19/h3-6,9-10H,2,7-8H2,1H3,(H,23,25). The molecule has 0 spiro atoms. The maximum Gasteiger partial charge on any atom is 0.416 e. The van der Waals surface area contributed by atoms with Gasteiger partial charge in [0, 0.05) is 29.3 Å². The molecule has 0 atom stereocenters. The summed E-state index contributed by atoms with van der Waals surface area (Å²) in [4.78, 5) is 15.8. The Labute approximate surface area is 158 Å². The van der Waals surface area contributed by atoms with Crippen LogP contribution in [0.25, 0.3) is 0 Å². The summed E-state index contributed by atoms with van der Waals surface area (Å²) in [6, 6.07) is 8.15. The molecule has 0 fully saturated rings. The first-order valence-electron chi connectivity index (χ1n) is 7.99. The minimum absolute atomic E-state index is 0.0510. The monoisotopic (exact) mass is 400 g/mol. The van der Waals surface area contributed by atoms with Gasteiger partial charge in [0.25, 0.3) is 5.91 Å². The molecular weight excluding hydrogens is 385 g/mol. The van der Waals surface area contributed by atoms with Crippen molar-refractivity contribution in [3.05, 3.63) is 52.5 Å². The van der Waals surface area contributed by atoms with E-state index in [1.54, 1.807) is 23.9 Å². The summed E-state index contributed by atoms with van der Waals surface area (Å²) in [5, 5.41) is 2.53. The lowest BCUT2D eigenvalue weighted by molar-refractivity contribution is -0.137. The molecule has 0 aromatic heterocycles. The second kappa shape index (κ2) is 7.40. The zero-order valence-corrected chi connectivity index (χ0v) is 15.4. The average Bonchev–Trinajstić information content (AvgIpc) is 2.61. The molecule has 0 aliphatic carbocycles. The largest absolute Gasteiger partial charge is 0.416 e. The van der Waals surface area contributed by atoms with E-state index in [4.69, 9.17) is 11.6 Å². The third-order valence-corrected chi connectivity index (χ3v) is 5.48. The van der Waals surface area contributed by atoms with Gasteiger partial charge in [-0.1, -0.05) is 11.6 Å². The number of thioether (sulfide) groups is 1. The number of rotatable bonds is 3. The maximum atomic E-state index is 12.9. The third kappa shape index (κ3) is 3.94. The summed E-state index contributed by atoms with van der Waals surface area (Å²) >= 11 is 7.67.